The summed E-state index contributed by atoms with van der Waals surface area (Å²) in [4.78, 5) is 14.4. The molecule has 2 aliphatic heterocycles. The molecule has 0 spiro atoms. The van der Waals surface area contributed by atoms with Crippen molar-refractivity contribution in [3.05, 3.63) is 70.0 Å². The average molecular weight is 426 g/mol. The van der Waals surface area contributed by atoms with Gasteiger partial charge in [-0.15, -0.1) is 11.8 Å². The fourth-order valence-electron chi connectivity index (χ4n) is 3.90. The molecule has 2 aromatic carbocycles. The maximum Gasteiger partial charge on any atom is 0.231 e. The third-order valence-electron chi connectivity index (χ3n) is 5.43. The van der Waals surface area contributed by atoms with Crippen LogP contribution in [0.15, 0.2) is 53.1 Å². The topological polar surface area (TPSA) is 82.8 Å². The number of allylic oxidation sites excluding steroid dienone is 1. The number of carbonyl (C=O) groups is 1. The van der Waals surface area contributed by atoms with E-state index in [0.29, 0.717) is 33.2 Å². The van der Waals surface area contributed by atoms with Crippen molar-refractivity contribution in [1.29, 1.82) is 5.26 Å². The zero-order chi connectivity index (χ0) is 21.5. The van der Waals surface area contributed by atoms with Crippen LogP contribution in [0.25, 0.3) is 0 Å². The fourth-order valence-corrected chi connectivity index (χ4v) is 5.26. The lowest BCUT2D eigenvalue weighted by Crippen LogP contribution is -2.48. The van der Waals surface area contributed by atoms with Gasteiger partial charge < -0.3 is 14.6 Å². The molecule has 0 unspecified atom stereocenters. The SMILES string of the molecule is COc1ccc([C@@]2(O)CSC3=C(C#N)[C@H](c4ccc(F)cc4)CC(=O)N32)cc1OC. The van der Waals surface area contributed by atoms with Crippen molar-refractivity contribution in [1.82, 2.24) is 4.90 Å². The third kappa shape index (κ3) is 3.11. The molecule has 2 aromatic rings. The van der Waals surface area contributed by atoms with Crippen molar-refractivity contribution in [3.63, 3.8) is 0 Å². The number of rotatable bonds is 4. The number of nitriles is 1. The fraction of sp³-hybridized carbons (Fsp3) is 0.273. The van der Waals surface area contributed by atoms with Crippen LogP contribution in [0.1, 0.15) is 23.5 Å². The lowest BCUT2D eigenvalue weighted by atomic mass is 9.85. The molecule has 0 bridgehead atoms. The summed E-state index contributed by atoms with van der Waals surface area (Å²) >= 11 is 1.26. The lowest BCUT2D eigenvalue weighted by Gasteiger charge is -2.38. The molecule has 4 rings (SSSR count). The van der Waals surface area contributed by atoms with Gasteiger partial charge in [0.2, 0.25) is 5.91 Å². The first-order chi connectivity index (χ1) is 14.4. The summed E-state index contributed by atoms with van der Waals surface area (Å²) in [7, 11) is 3.01. The molecule has 0 saturated carbocycles. The van der Waals surface area contributed by atoms with Gasteiger partial charge in [0.15, 0.2) is 17.2 Å². The van der Waals surface area contributed by atoms with Crippen LogP contribution in [0.5, 0.6) is 11.5 Å². The molecule has 1 saturated heterocycles. The maximum atomic E-state index is 13.3. The number of benzene rings is 2. The molecule has 154 valence electrons. The van der Waals surface area contributed by atoms with Gasteiger partial charge in [-0.05, 0) is 29.8 Å². The summed E-state index contributed by atoms with van der Waals surface area (Å²) in [5.41, 5.74) is -0.0706. The number of amides is 1. The molecule has 30 heavy (non-hydrogen) atoms. The largest absolute Gasteiger partial charge is 0.493 e. The van der Waals surface area contributed by atoms with Crippen molar-refractivity contribution < 1.29 is 23.8 Å². The van der Waals surface area contributed by atoms with Crippen molar-refractivity contribution in [2.45, 2.75) is 18.1 Å². The van der Waals surface area contributed by atoms with Crippen LogP contribution in [0.2, 0.25) is 0 Å². The highest BCUT2D eigenvalue weighted by Gasteiger charge is 2.52. The number of aliphatic hydroxyl groups is 1. The van der Waals surface area contributed by atoms with E-state index in [1.807, 2.05) is 0 Å². The Labute approximate surface area is 177 Å². The molecule has 1 amide bonds. The maximum absolute atomic E-state index is 13.3. The molecule has 0 aliphatic carbocycles. The van der Waals surface area contributed by atoms with E-state index in [4.69, 9.17) is 9.47 Å². The molecule has 2 atom stereocenters. The van der Waals surface area contributed by atoms with E-state index in [1.165, 1.54) is 43.0 Å². The molecule has 2 heterocycles. The third-order valence-corrected chi connectivity index (χ3v) is 6.65. The van der Waals surface area contributed by atoms with Crippen LogP contribution >= 0.6 is 11.8 Å². The van der Waals surface area contributed by atoms with Crippen molar-refractivity contribution in [2.75, 3.05) is 20.0 Å². The average Bonchev–Trinajstić information content (AvgIpc) is 3.13. The second-order valence-corrected chi connectivity index (χ2v) is 8.01. The lowest BCUT2D eigenvalue weighted by molar-refractivity contribution is -0.149. The summed E-state index contributed by atoms with van der Waals surface area (Å²) in [6, 6.07) is 13.0. The van der Waals surface area contributed by atoms with Gasteiger partial charge in [0.1, 0.15) is 5.82 Å². The Hall–Kier alpha value is -3.02. The highest BCUT2D eigenvalue weighted by molar-refractivity contribution is 8.03. The molecule has 8 heteroatoms. The first kappa shape index (κ1) is 20.3. The number of nitrogens with zero attached hydrogens (tertiary/aromatic N) is 2. The van der Waals surface area contributed by atoms with Crippen LogP contribution in [0.3, 0.4) is 0 Å². The number of halogens is 1. The van der Waals surface area contributed by atoms with Crippen LogP contribution in [0, 0.1) is 17.1 Å². The number of ether oxygens (including phenoxy) is 2. The number of methoxy groups -OCH3 is 2. The van der Waals surface area contributed by atoms with Crippen LogP contribution in [0.4, 0.5) is 4.39 Å². The zero-order valence-corrected chi connectivity index (χ0v) is 17.2. The predicted molar refractivity (Wildman–Crippen MR) is 109 cm³/mol. The first-order valence-corrected chi connectivity index (χ1v) is 10.2. The van der Waals surface area contributed by atoms with E-state index < -0.39 is 11.6 Å². The number of fused-ring (bicyclic) bond motifs is 1. The molecule has 6 nitrogen and oxygen atoms in total. The minimum absolute atomic E-state index is 0.00812. The highest BCUT2D eigenvalue weighted by atomic mass is 32.2. The van der Waals surface area contributed by atoms with Crippen molar-refractivity contribution >= 4 is 17.7 Å². The van der Waals surface area contributed by atoms with E-state index >= 15 is 0 Å². The number of carbonyl (C=O) groups excluding carboxylic acids is 1. The van der Waals surface area contributed by atoms with Crippen LogP contribution in [-0.4, -0.2) is 35.9 Å². The predicted octanol–water partition coefficient (Wildman–Crippen LogP) is 3.49. The van der Waals surface area contributed by atoms with Gasteiger partial charge >= 0.3 is 0 Å². The first-order valence-electron chi connectivity index (χ1n) is 9.23. The van der Waals surface area contributed by atoms with E-state index in [-0.39, 0.29) is 23.9 Å². The molecule has 1 N–H and O–H groups in total. The second-order valence-electron chi connectivity index (χ2n) is 7.04. The summed E-state index contributed by atoms with van der Waals surface area (Å²) in [6.07, 6.45) is 0.00812. The highest BCUT2D eigenvalue weighted by Crippen LogP contribution is 2.52. The Balaban J connectivity index is 1.79. The van der Waals surface area contributed by atoms with E-state index in [9.17, 15) is 19.6 Å². The number of hydrogen-bond acceptors (Lipinski definition) is 6. The van der Waals surface area contributed by atoms with Gasteiger partial charge in [-0.3, -0.25) is 9.69 Å². The van der Waals surface area contributed by atoms with Crippen molar-refractivity contribution in [3.8, 4) is 17.6 Å². The Morgan fingerprint density at radius 1 is 1.20 bits per heavy atom. The minimum atomic E-state index is -1.62. The standard InChI is InChI=1S/C22H19FN2O4S/c1-28-18-8-5-14(9-19(18)29-2)22(27)12-30-21-17(11-24)16(10-20(26)25(21)22)13-3-6-15(23)7-4-13/h3-9,16,27H,10,12H2,1-2H3/t16-,22-/m0/s1. The minimum Gasteiger partial charge on any atom is -0.493 e. The summed E-state index contributed by atoms with van der Waals surface area (Å²) in [5, 5.41) is 21.8. The van der Waals surface area contributed by atoms with E-state index in [1.54, 1.807) is 30.3 Å². The normalized spacial score (nSPS) is 23.2. The quantitative estimate of drug-likeness (QED) is 0.806. The Morgan fingerprint density at radius 2 is 1.90 bits per heavy atom. The van der Waals surface area contributed by atoms with Crippen LogP contribution in [-0.2, 0) is 10.5 Å². The van der Waals surface area contributed by atoms with E-state index in [0.717, 1.165) is 0 Å². The van der Waals surface area contributed by atoms with Crippen LogP contribution < -0.4 is 9.47 Å². The number of thioether (sulfide) groups is 1. The Morgan fingerprint density at radius 3 is 2.53 bits per heavy atom. The molecule has 0 radical (unpaired) electrons. The van der Waals surface area contributed by atoms with Gasteiger partial charge in [-0.25, -0.2) is 4.39 Å². The van der Waals surface area contributed by atoms with Gasteiger partial charge in [0.05, 0.1) is 36.6 Å². The van der Waals surface area contributed by atoms with Gasteiger partial charge in [0, 0.05) is 17.9 Å². The van der Waals surface area contributed by atoms with Gasteiger partial charge in [0.25, 0.3) is 0 Å². The monoisotopic (exact) mass is 426 g/mol. The molecule has 0 aromatic heterocycles. The van der Waals surface area contributed by atoms with Crippen molar-refractivity contribution in [2.24, 2.45) is 0 Å². The molecular weight excluding hydrogens is 407 g/mol. The molecular formula is C22H19FN2O4S. The molecule has 1 fully saturated rings. The number of hydrogen-bond donors (Lipinski definition) is 1. The Kier molecular flexibility index (Phi) is 5.18. The Bertz CT molecular complexity index is 1080. The molecule has 2 aliphatic rings. The van der Waals surface area contributed by atoms with Gasteiger partial charge in [-0.1, -0.05) is 18.2 Å². The van der Waals surface area contributed by atoms with E-state index in [2.05, 4.69) is 6.07 Å². The summed E-state index contributed by atoms with van der Waals surface area (Å²) < 4.78 is 23.9. The zero-order valence-electron chi connectivity index (χ0n) is 16.4. The van der Waals surface area contributed by atoms with Gasteiger partial charge in [-0.2, -0.15) is 5.26 Å². The second kappa shape index (κ2) is 7.67. The summed E-state index contributed by atoms with van der Waals surface area (Å²) in [6.45, 7) is 0. The smallest absolute Gasteiger partial charge is 0.231 e. The summed E-state index contributed by atoms with van der Waals surface area (Å²) in [5.74, 6) is -0.0579.